The van der Waals surface area contributed by atoms with Crippen LogP contribution in [0.4, 0.5) is 4.79 Å². The zero-order valence-corrected chi connectivity index (χ0v) is 20.7. The third-order valence-electron chi connectivity index (χ3n) is 5.13. The number of nitrogens with zero attached hydrogens (tertiary/aromatic N) is 3. The topological polar surface area (TPSA) is 87.5 Å². The minimum Gasteiger partial charge on any atom is -0.497 e. The Kier molecular flexibility index (Phi) is 9.06. The number of rotatable bonds is 11. The lowest BCUT2D eigenvalue weighted by Gasteiger charge is -2.15. The van der Waals surface area contributed by atoms with E-state index in [2.05, 4.69) is 22.2 Å². The summed E-state index contributed by atoms with van der Waals surface area (Å²) >= 11 is 0. The lowest BCUT2D eigenvalue weighted by Crippen LogP contribution is -2.35. The molecule has 1 N–H and O–H groups in total. The maximum absolute atomic E-state index is 12.7. The third kappa shape index (κ3) is 6.72. The molecule has 0 aliphatic rings. The fraction of sp³-hybridized carbons (Fsp3) is 0.296. The number of hydrogen-bond donors (Lipinski definition) is 1. The summed E-state index contributed by atoms with van der Waals surface area (Å²) in [6, 6.07) is 11.1. The minimum absolute atomic E-state index is 0.0504. The number of amides is 1. The monoisotopic (exact) mass is 476 g/mol. The number of nitrogens with one attached hydrogen (secondary N) is 1. The zero-order valence-electron chi connectivity index (χ0n) is 20.7. The van der Waals surface area contributed by atoms with E-state index < -0.39 is 0 Å². The second-order valence-corrected chi connectivity index (χ2v) is 8.11. The maximum atomic E-state index is 12.7. The van der Waals surface area contributed by atoms with E-state index in [-0.39, 0.29) is 12.1 Å². The Labute approximate surface area is 206 Å². The summed E-state index contributed by atoms with van der Waals surface area (Å²) in [6.45, 7) is 8.14. The molecule has 0 aliphatic heterocycles. The lowest BCUT2D eigenvalue weighted by molar-refractivity contribution is 0.237. The Morgan fingerprint density at radius 2 is 1.89 bits per heavy atom. The summed E-state index contributed by atoms with van der Waals surface area (Å²) in [5.41, 5.74) is 2.95. The zero-order chi connectivity index (χ0) is 25.2. The van der Waals surface area contributed by atoms with Crippen LogP contribution in [-0.2, 0) is 0 Å². The lowest BCUT2D eigenvalue weighted by atomic mass is 10.0. The molecule has 8 nitrogen and oxygen atoms in total. The molecule has 0 bridgehead atoms. The number of carbonyl (C=O) groups excluding carboxylic acids is 1. The van der Waals surface area contributed by atoms with Crippen LogP contribution < -0.4 is 19.5 Å². The van der Waals surface area contributed by atoms with Gasteiger partial charge >= 0.3 is 6.03 Å². The Bertz CT molecular complexity index is 1170. The van der Waals surface area contributed by atoms with Gasteiger partial charge in [-0.05, 0) is 56.0 Å². The second-order valence-electron chi connectivity index (χ2n) is 8.11. The van der Waals surface area contributed by atoms with Crippen molar-refractivity contribution in [3.8, 4) is 28.5 Å². The standard InChI is InChI=1S/C27H32N4O4/c1-6-7-8-15-35-22-13-10-20(11-14-22)9-12-21-16-23(33-4)17-25(34-5)26(21)24-18-28-30-31(24)27(32)29-19(2)3/h6,9-14,16-19H,1,7-8,15H2,2-5H3,(H,29,32)/b12-9+. The van der Waals surface area contributed by atoms with Crippen LogP contribution in [0.5, 0.6) is 17.2 Å². The van der Waals surface area contributed by atoms with Crippen molar-refractivity contribution < 1.29 is 19.0 Å². The fourth-order valence-electron chi connectivity index (χ4n) is 3.44. The van der Waals surface area contributed by atoms with Crippen LogP contribution in [0.15, 0.2) is 55.3 Å². The van der Waals surface area contributed by atoms with Gasteiger partial charge in [0.15, 0.2) is 0 Å². The predicted molar refractivity (Wildman–Crippen MR) is 138 cm³/mol. The van der Waals surface area contributed by atoms with Crippen molar-refractivity contribution in [2.24, 2.45) is 0 Å². The van der Waals surface area contributed by atoms with E-state index in [4.69, 9.17) is 14.2 Å². The van der Waals surface area contributed by atoms with Crippen LogP contribution in [0.3, 0.4) is 0 Å². The van der Waals surface area contributed by atoms with Crippen molar-refractivity contribution in [2.45, 2.75) is 32.7 Å². The number of allylic oxidation sites excluding steroid dienone is 1. The first kappa shape index (κ1) is 25.6. The molecule has 2 aromatic carbocycles. The molecule has 3 aromatic rings. The van der Waals surface area contributed by atoms with E-state index in [0.29, 0.717) is 29.4 Å². The number of benzene rings is 2. The van der Waals surface area contributed by atoms with Crippen molar-refractivity contribution in [1.82, 2.24) is 20.3 Å². The molecular formula is C27H32N4O4. The first-order valence-electron chi connectivity index (χ1n) is 11.5. The van der Waals surface area contributed by atoms with Crippen LogP contribution in [0.25, 0.3) is 23.4 Å². The van der Waals surface area contributed by atoms with Crippen molar-refractivity contribution >= 4 is 18.2 Å². The van der Waals surface area contributed by atoms with Crippen molar-refractivity contribution in [2.75, 3.05) is 20.8 Å². The quantitative estimate of drug-likeness (QED) is 0.225. The summed E-state index contributed by atoms with van der Waals surface area (Å²) in [5, 5.41) is 10.8. The minimum atomic E-state index is -0.371. The van der Waals surface area contributed by atoms with E-state index >= 15 is 0 Å². The third-order valence-corrected chi connectivity index (χ3v) is 5.13. The van der Waals surface area contributed by atoms with Gasteiger partial charge in [0.25, 0.3) is 0 Å². The Balaban J connectivity index is 1.94. The van der Waals surface area contributed by atoms with Crippen LogP contribution in [0.1, 0.15) is 37.8 Å². The molecule has 8 heteroatoms. The fourth-order valence-corrected chi connectivity index (χ4v) is 3.44. The van der Waals surface area contributed by atoms with Crippen molar-refractivity contribution in [3.63, 3.8) is 0 Å². The summed E-state index contributed by atoms with van der Waals surface area (Å²) in [7, 11) is 3.17. The molecule has 184 valence electrons. The molecule has 3 rings (SSSR count). The van der Waals surface area contributed by atoms with Gasteiger partial charge in [-0.25, -0.2) is 4.79 Å². The van der Waals surface area contributed by atoms with Crippen molar-refractivity contribution in [1.29, 1.82) is 0 Å². The Morgan fingerprint density at radius 3 is 2.54 bits per heavy atom. The number of methoxy groups -OCH3 is 2. The molecule has 1 amide bonds. The molecule has 0 atom stereocenters. The molecule has 1 heterocycles. The summed E-state index contributed by atoms with van der Waals surface area (Å²) in [4.78, 5) is 12.7. The van der Waals surface area contributed by atoms with E-state index in [1.54, 1.807) is 26.5 Å². The molecule has 1 aromatic heterocycles. The average molecular weight is 477 g/mol. The van der Waals surface area contributed by atoms with Gasteiger partial charge in [-0.2, -0.15) is 4.68 Å². The van der Waals surface area contributed by atoms with Gasteiger partial charge < -0.3 is 19.5 Å². The Hall–Kier alpha value is -4.07. The average Bonchev–Trinajstić information content (AvgIpc) is 3.34. The van der Waals surface area contributed by atoms with E-state index in [9.17, 15) is 4.79 Å². The SMILES string of the molecule is C=CCCCOc1ccc(/C=C/c2cc(OC)cc(OC)c2-c2cnnn2C(=O)NC(C)C)cc1. The number of ether oxygens (including phenoxy) is 3. The van der Waals surface area contributed by atoms with Gasteiger partial charge in [0.1, 0.15) is 22.9 Å². The van der Waals surface area contributed by atoms with Gasteiger partial charge in [-0.1, -0.05) is 35.6 Å². The molecule has 0 spiro atoms. The maximum Gasteiger partial charge on any atom is 0.344 e. The summed E-state index contributed by atoms with van der Waals surface area (Å²) < 4.78 is 18.1. The molecular weight excluding hydrogens is 444 g/mol. The van der Waals surface area contributed by atoms with E-state index in [1.807, 2.05) is 62.4 Å². The number of unbranched alkanes of at least 4 members (excludes halogenated alkanes) is 1. The first-order chi connectivity index (χ1) is 17.0. The first-order valence-corrected chi connectivity index (χ1v) is 11.5. The highest BCUT2D eigenvalue weighted by molar-refractivity contribution is 5.88. The molecule has 0 aliphatic carbocycles. The highest BCUT2D eigenvalue weighted by Gasteiger charge is 2.21. The number of aromatic nitrogens is 3. The van der Waals surface area contributed by atoms with Gasteiger partial charge in [0.2, 0.25) is 0 Å². The van der Waals surface area contributed by atoms with E-state index in [0.717, 1.165) is 29.7 Å². The van der Waals surface area contributed by atoms with Crippen LogP contribution in [0.2, 0.25) is 0 Å². The normalized spacial score (nSPS) is 11.0. The molecule has 0 fully saturated rings. The van der Waals surface area contributed by atoms with Crippen LogP contribution in [-0.4, -0.2) is 47.9 Å². The molecule has 0 saturated carbocycles. The summed E-state index contributed by atoms with van der Waals surface area (Å²) in [5.74, 6) is 1.98. The van der Waals surface area contributed by atoms with Gasteiger partial charge in [0.05, 0.1) is 32.6 Å². The number of carbonyl (C=O) groups is 1. The molecule has 0 unspecified atom stereocenters. The highest BCUT2D eigenvalue weighted by Crippen LogP contribution is 2.38. The highest BCUT2D eigenvalue weighted by atomic mass is 16.5. The van der Waals surface area contributed by atoms with Gasteiger partial charge in [0, 0.05) is 12.1 Å². The molecule has 35 heavy (non-hydrogen) atoms. The van der Waals surface area contributed by atoms with Gasteiger partial charge in [-0.15, -0.1) is 11.7 Å². The Morgan fingerprint density at radius 1 is 1.11 bits per heavy atom. The summed E-state index contributed by atoms with van der Waals surface area (Å²) in [6.07, 6.45) is 9.21. The number of hydrogen-bond acceptors (Lipinski definition) is 6. The van der Waals surface area contributed by atoms with Crippen LogP contribution >= 0.6 is 0 Å². The largest absolute Gasteiger partial charge is 0.497 e. The van der Waals surface area contributed by atoms with Gasteiger partial charge in [-0.3, -0.25) is 0 Å². The van der Waals surface area contributed by atoms with Crippen molar-refractivity contribution in [3.05, 3.63) is 66.4 Å². The molecule has 0 saturated heterocycles. The van der Waals surface area contributed by atoms with E-state index in [1.165, 1.54) is 4.68 Å². The molecule has 0 radical (unpaired) electrons. The smallest absolute Gasteiger partial charge is 0.344 e. The predicted octanol–water partition coefficient (Wildman–Crippen LogP) is 5.44. The second kappa shape index (κ2) is 12.4. The van der Waals surface area contributed by atoms with Crippen LogP contribution in [0, 0.1) is 0 Å².